The fraction of sp³-hybridized carbons (Fsp3) is 0.211. The van der Waals surface area contributed by atoms with Crippen molar-refractivity contribution in [2.24, 2.45) is 5.14 Å². The summed E-state index contributed by atoms with van der Waals surface area (Å²) >= 11 is 0. The number of nitrogens with zero attached hydrogens (tertiary/aromatic N) is 3. The molecule has 1 aliphatic heterocycles. The van der Waals surface area contributed by atoms with Crippen LogP contribution in [0.15, 0.2) is 35.4 Å². The van der Waals surface area contributed by atoms with Crippen LogP contribution < -0.4 is 20.1 Å². The van der Waals surface area contributed by atoms with Gasteiger partial charge in [0, 0.05) is 35.3 Å². The van der Waals surface area contributed by atoms with Crippen LogP contribution in [0.3, 0.4) is 0 Å². The van der Waals surface area contributed by atoms with Gasteiger partial charge in [0.25, 0.3) is 0 Å². The number of amides is 1. The Morgan fingerprint density at radius 3 is 2.58 bits per heavy atom. The van der Waals surface area contributed by atoms with Crippen LogP contribution in [0.25, 0.3) is 11.0 Å². The molecule has 4 rings (SSSR count). The van der Waals surface area contributed by atoms with E-state index in [1.165, 1.54) is 18.2 Å². The Labute approximate surface area is 175 Å². The highest BCUT2D eigenvalue weighted by Gasteiger charge is 2.28. The van der Waals surface area contributed by atoms with Gasteiger partial charge >= 0.3 is 0 Å². The maximum absolute atomic E-state index is 14.7. The zero-order valence-electron chi connectivity index (χ0n) is 16.2. The molecule has 3 N–H and O–H groups in total. The van der Waals surface area contributed by atoms with Gasteiger partial charge < -0.3 is 15.0 Å². The first-order valence-electron chi connectivity index (χ1n) is 9.03. The molecule has 0 fully saturated rings. The van der Waals surface area contributed by atoms with E-state index in [9.17, 15) is 22.0 Å². The number of hydrogen-bond donors (Lipinski definition) is 2. The highest BCUT2D eigenvalue weighted by Crippen LogP contribution is 2.33. The van der Waals surface area contributed by atoms with E-state index in [2.05, 4.69) is 15.3 Å². The van der Waals surface area contributed by atoms with E-state index < -0.39 is 44.6 Å². The van der Waals surface area contributed by atoms with Crippen LogP contribution in [0.4, 0.5) is 14.5 Å². The number of primary sulfonamides is 1. The summed E-state index contributed by atoms with van der Waals surface area (Å²) < 4.78 is 57.3. The van der Waals surface area contributed by atoms with Crippen LogP contribution in [0, 0.1) is 11.6 Å². The number of nitrogens with one attached hydrogen (secondary N) is 1. The standard InChI is InChI=1S/C19H17F2N5O4S/c1-30-16-3-2-12-18-10(7-24-19(12)25-16)6-23-8-17(27)26(18)9-13-14(20)4-11(5-15(13)21)31(22,28)29/h2-5,7,23H,6,8-9H2,1H3,(H2,22,28,29). The fourth-order valence-corrected chi connectivity index (χ4v) is 3.93. The quantitative estimate of drug-likeness (QED) is 0.613. The minimum atomic E-state index is -4.30. The van der Waals surface area contributed by atoms with Gasteiger partial charge in [0.2, 0.25) is 21.8 Å². The van der Waals surface area contributed by atoms with E-state index in [1.807, 2.05) is 0 Å². The van der Waals surface area contributed by atoms with Crippen molar-refractivity contribution >= 4 is 32.7 Å². The molecule has 0 saturated heterocycles. The molecule has 1 aromatic carbocycles. The number of hydrogen-bond acceptors (Lipinski definition) is 7. The van der Waals surface area contributed by atoms with Crippen molar-refractivity contribution in [1.82, 2.24) is 15.3 Å². The number of fused-ring (bicyclic) bond motifs is 3. The fourth-order valence-electron chi connectivity index (χ4n) is 3.39. The normalized spacial score (nSPS) is 14.5. The van der Waals surface area contributed by atoms with Gasteiger partial charge in [-0.15, -0.1) is 0 Å². The zero-order chi connectivity index (χ0) is 22.3. The minimum absolute atomic E-state index is 0.0712. The SMILES string of the molecule is COc1ccc2c3c(cnc2n1)CNCC(=O)N3Cc1c(F)cc(S(N)(=O)=O)cc1F. The molecule has 1 aliphatic rings. The first-order chi connectivity index (χ1) is 14.7. The summed E-state index contributed by atoms with van der Waals surface area (Å²) in [6, 6.07) is 4.52. The van der Waals surface area contributed by atoms with Gasteiger partial charge in [0.05, 0.1) is 30.8 Å². The molecule has 1 amide bonds. The number of nitrogens with two attached hydrogens (primary N) is 1. The lowest BCUT2D eigenvalue weighted by Gasteiger charge is -2.24. The Balaban J connectivity index is 1.86. The van der Waals surface area contributed by atoms with E-state index in [-0.39, 0.29) is 6.54 Å². The molecule has 0 aliphatic carbocycles. The van der Waals surface area contributed by atoms with Crippen molar-refractivity contribution in [3.63, 3.8) is 0 Å². The number of anilines is 1. The largest absolute Gasteiger partial charge is 0.481 e. The third kappa shape index (κ3) is 3.92. The summed E-state index contributed by atoms with van der Waals surface area (Å²) in [7, 11) is -2.84. The number of carbonyl (C=O) groups is 1. The van der Waals surface area contributed by atoms with Gasteiger partial charge in [-0.25, -0.2) is 27.3 Å². The van der Waals surface area contributed by atoms with Crippen molar-refractivity contribution in [2.75, 3.05) is 18.6 Å². The van der Waals surface area contributed by atoms with Crippen molar-refractivity contribution < 1.29 is 26.7 Å². The van der Waals surface area contributed by atoms with Gasteiger partial charge in [-0.2, -0.15) is 4.98 Å². The second-order valence-corrected chi connectivity index (χ2v) is 8.41. The van der Waals surface area contributed by atoms with Gasteiger partial charge in [0.15, 0.2) is 5.65 Å². The molecule has 162 valence electrons. The number of carbonyl (C=O) groups excluding carboxylic acids is 1. The first kappa shape index (κ1) is 21.0. The maximum atomic E-state index is 14.7. The van der Waals surface area contributed by atoms with E-state index >= 15 is 0 Å². The molecule has 0 atom stereocenters. The molecule has 0 spiro atoms. The second kappa shape index (κ2) is 7.80. The molecule has 3 heterocycles. The number of pyridine rings is 2. The predicted octanol–water partition coefficient (Wildman–Crippen LogP) is 1.20. The lowest BCUT2D eigenvalue weighted by atomic mass is 10.1. The number of halogens is 2. The third-order valence-corrected chi connectivity index (χ3v) is 5.78. The highest BCUT2D eigenvalue weighted by atomic mass is 32.2. The van der Waals surface area contributed by atoms with Gasteiger partial charge in [-0.1, -0.05) is 0 Å². The second-order valence-electron chi connectivity index (χ2n) is 6.85. The monoisotopic (exact) mass is 449 g/mol. The zero-order valence-corrected chi connectivity index (χ0v) is 17.0. The van der Waals surface area contributed by atoms with Crippen LogP contribution in [0.1, 0.15) is 11.1 Å². The summed E-state index contributed by atoms with van der Waals surface area (Å²) in [5.74, 6) is -2.38. The summed E-state index contributed by atoms with van der Waals surface area (Å²) in [6.45, 7) is -0.235. The summed E-state index contributed by atoms with van der Waals surface area (Å²) in [4.78, 5) is 21.9. The summed E-state index contributed by atoms with van der Waals surface area (Å²) in [5, 5.41) is 8.42. The van der Waals surface area contributed by atoms with Gasteiger partial charge in [0.1, 0.15) is 11.6 Å². The molecular weight excluding hydrogens is 432 g/mol. The number of methoxy groups -OCH3 is 1. The topological polar surface area (TPSA) is 128 Å². The maximum Gasteiger partial charge on any atom is 0.241 e. The number of aromatic nitrogens is 2. The number of sulfonamides is 1. The average Bonchev–Trinajstić information content (AvgIpc) is 2.87. The predicted molar refractivity (Wildman–Crippen MR) is 107 cm³/mol. The number of benzene rings is 1. The lowest BCUT2D eigenvalue weighted by Crippen LogP contribution is -2.35. The Hall–Kier alpha value is -3.22. The van der Waals surface area contributed by atoms with Crippen LogP contribution in [0.5, 0.6) is 5.88 Å². The van der Waals surface area contributed by atoms with E-state index in [0.29, 0.717) is 46.8 Å². The Morgan fingerprint density at radius 2 is 1.94 bits per heavy atom. The van der Waals surface area contributed by atoms with Crippen LogP contribution >= 0.6 is 0 Å². The Kier molecular flexibility index (Phi) is 5.29. The molecule has 12 heteroatoms. The van der Waals surface area contributed by atoms with Crippen molar-refractivity contribution in [2.45, 2.75) is 18.0 Å². The summed E-state index contributed by atoms with van der Waals surface area (Å²) in [6.07, 6.45) is 1.53. The third-order valence-electron chi connectivity index (χ3n) is 4.88. The Bertz CT molecular complexity index is 1290. The van der Waals surface area contributed by atoms with E-state index in [4.69, 9.17) is 9.88 Å². The molecule has 2 aromatic heterocycles. The molecule has 0 radical (unpaired) electrons. The average molecular weight is 449 g/mol. The molecular formula is C19H17F2N5O4S. The van der Waals surface area contributed by atoms with Crippen molar-refractivity contribution in [3.05, 3.63) is 53.2 Å². The van der Waals surface area contributed by atoms with Crippen LogP contribution in [-0.4, -0.2) is 37.9 Å². The van der Waals surface area contributed by atoms with Gasteiger partial charge in [-0.05, 0) is 18.2 Å². The molecule has 0 bridgehead atoms. The number of ether oxygens (including phenoxy) is 1. The molecule has 0 unspecified atom stereocenters. The van der Waals surface area contributed by atoms with Gasteiger partial charge in [-0.3, -0.25) is 4.79 Å². The lowest BCUT2D eigenvalue weighted by molar-refractivity contribution is -0.117. The molecule has 9 nitrogen and oxygen atoms in total. The highest BCUT2D eigenvalue weighted by molar-refractivity contribution is 7.89. The first-order valence-corrected chi connectivity index (χ1v) is 10.6. The molecule has 31 heavy (non-hydrogen) atoms. The van der Waals surface area contributed by atoms with Crippen LogP contribution in [0.2, 0.25) is 0 Å². The van der Waals surface area contributed by atoms with Crippen molar-refractivity contribution in [3.8, 4) is 5.88 Å². The number of rotatable bonds is 4. The minimum Gasteiger partial charge on any atom is -0.481 e. The van der Waals surface area contributed by atoms with E-state index in [0.717, 1.165) is 0 Å². The van der Waals surface area contributed by atoms with Crippen LogP contribution in [-0.2, 0) is 27.9 Å². The summed E-state index contributed by atoms with van der Waals surface area (Å²) in [5.41, 5.74) is 0.861. The van der Waals surface area contributed by atoms with Crippen molar-refractivity contribution in [1.29, 1.82) is 0 Å². The smallest absolute Gasteiger partial charge is 0.241 e. The van der Waals surface area contributed by atoms with E-state index in [1.54, 1.807) is 12.1 Å². The Morgan fingerprint density at radius 1 is 1.23 bits per heavy atom. The molecule has 3 aromatic rings. The molecule has 0 saturated carbocycles.